The standard InChI is InChI=1S/C13H11N5O/c14-12-6-11(17-18-12)13(19)16-10-3-1-2-8-7-15-5-4-9(8)10/h1-7H,(H,16,19)(H3,14,17,18). The quantitative estimate of drug-likeness (QED) is 0.648. The molecule has 3 rings (SSSR count). The first kappa shape index (κ1) is 11.2. The van der Waals surface area contributed by atoms with Crippen LogP contribution in [0.4, 0.5) is 11.5 Å². The van der Waals surface area contributed by atoms with Gasteiger partial charge in [0.25, 0.3) is 5.91 Å². The van der Waals surface area contributed by atoms with Crippen LogP contribution in [0.1, 0.15) is 10.5 Å². The van der Waals surface area contributed by atoms with Crippen LogP contribution >= 0.6 is 0 Å². The second-order valence-corrected chi connectivity index (χ2v) is 4.06. The SMILES string of the molecule is Nc1cc(C(=O)Nc2cccc3cnccc23)[nH]n1. The fourth-order valence-corrected chi connectivity index (χ4v) is 1.87. The number of rotatable bonds is 2. The third-order valence-electron chi connectivity index (χ3n) is 2.77. The van der Waals surface area contributed by atoms with Crippen LogP contribution in [0.3, 0.4) is 0 Å². The normalized spacial score (nSPS) is 10.5. The van der Waals surface area contributed by atoms with E-state index in [0.29, 0.717) is 5.69 Å². The molecule has 94 valence electrons. The van der Waals surface area contributed by atoms with E-state index in [9.17, 15) is 4.79 Å². The van der Waals surface area contributed by atoms with Gasteiger partial charge >= 0.3 is 0 Å². The number of aromatic nitrogens is 3. The fourth-order valence-electron chi connectivity index (χ4n) is 1.87. The van der Waals surface area contributed by atoms with E-state index in [1.807, 2.05) is 24.3 Å². The van der Waals surface area contributed by atoms with Crippen LogP contribution in [0.25, 0.3) is 10.8 Å². The van der Waals surface area contributed by atoms with Crippen molar-refractivity contribution in [3.05, 3.63) is 48.4 Å². The van der Waals surface area contributed by atoms with Gasteiger partial charge in [0.1, 0.15) is 11.5 Å². The summed E-state index contributed by atoms with van der Waals surface area (Å²) in [5.74, 6) is 0.000724. The summed E-state index contributed by atoms with van der Waals surface area (Å²) in [4.78, 5) is 16.1. The smallest absolute Gasteiger partial charge is 0.273 e. The molecule has 1 aromatic carbocycles. The first-order chi connectivity index (χ1) is 9.24. The molecule has 4 N–H and O–H groups in total. The number of H-pyrrole nitrogens is 1. The van der Waals surface area contributed by atoms with Gasteiger partial charge in [-0.1, -0.05) is 12.1 Å². The number of aromatic amines is 1. The maximum Gasteiger partial charge on any atom is 0.273 e. The predicted octanol–water partition coefficient (Wildman–Crippen LogP) is 1.79. The highest BCUT2D eigenvalue weighted by molar-refractivity contribution is 6.08. The number of carbonyl (C=O) groups excluding carboxylic acids is 1. The molecule has 0 saturated carbocycles. The van der Waals surface area contributed by atoms with Crippen LogP contribution in [0.15, 0.2) is 42.7 Å². The number of pyridine rings is 1. The lowest BCUT2D eigenvalue weighted by molar-refractivity contribution is 0.102. The minimum Gasteiger partial charge on any atom is -0.382 e. The fraction of sp³-hybridized carbons (Fsp3) is 0. The molecular weight excluding hydrogens is 242 g/mol. The van der Waals surface area contributed by atoms with Crippen molar-refractivity contribution in [2.24, 2.45) is 0 Å². The van der Waals surface area contributed by atoms with Crippen molar-refractivity contribution in [1.29, 1.82) is 0 Å². The van der Waals surface area contributed by atoms with Gasteiger partial charge in [-0.3, -0.25) is 14.9 Å². The van der Waals surface area contributed by atoms with Crippen LogP contribution < -0.4 is 11.1 Å². The van der Waals surface area contributed by atoms with Crippen molar-refractivity contribution in [3.8, 4) is 0 Å². The van der Waals surface area contributed by atoms with Gasteiger partial charge < -0.3 is 11.1 Å². The Kier molecular flexibility index (Phi) is 2.60. The van der Waals surface area contributed by atoms with Crippen molar-refractivity contribution < 1.29 is 4.79 Å². The molecule has 0 unspecified atom stereocenters. The Morgan fingerprint density at radius 3 is 3.00 bits per heavy atom. The number of benzene rings is 1. The Morgan fingerprint density at radius 1 is 1.32 bits per heavy atom. The zero-order chi connectivity index (χ0) is 13.2. The number of nitrogens with two attached hydrogens (primary N) is 1. The summed E-state index contributed by atoms with van der Waals surface area (Å²) in [5.41, 5.74) is 6.51. The molecular formula is C13H11N5O. The number of hydrogen-bond acceptors (Lipinski definition) is 4. The Morgan fingerprint density at radius 2 is 2.21 bits per heavy atom. The molecule has 0 fully saturated rings. The summed E-state index contributed by atoms with van der Waals surface area (Å²) >= 11 is 0. The van der Waals surface area contributed by atoms with Gasteiger partial charge in [-0.05, 0) is 12.1 Å². The van der Waals surface area contributed by atoms with E-state index < -0.39 is 0 Å². The van der Waals surface area contributed by atoms with Crippen molar-refractivity contribution >= 4 is 28.2 Å². The third-order valence-corrected chi connectivity index (χ3v) is 2.77. The minimum atomic E-state index is -0.284. The molecule has 2 heterocycles. The number of nitrogens with zero attached hydrogens (tertiary/aromatic N) is 2. The summed E-state index contributed by atoms with van der Waals surface area (Å²) in [5, 5.41) is 11.0. The van der Waals surface area contributed by atoms with Crippen LogP contribution in [-0.2, 0) is 0 Å². The highest BCUT2D eigenvalue weighted by atomic mass is 16.1. The minimum absolute atomic E-state index is 0.284. The van der Waals surface area contributed by atoms with Crippen molar-refractivity contribution in [3.63, 3.8) is 0 Å². The highest BCUT2D eigenvalue weighted by Gasteiger charge is 2.10. The second-order valence-electron chi connectivity index (χ2n) is 4.06. The number of hydrogen-bond donors (Lipinski definition) is 3. The molecule has 0 spiro atoms. The number of nitrogens with one attached hydrogen (secondary N) is 2. The second kappa shape index (κ2) is 4.41. The average molecular weight is 253 g/mol. The third kappa shape index (κ3) is 2.11. The molecule has 3 aromatic rings. The van der Waals surface area contributed by atoms with E-state index in [4.69, 9.17) is 5.73 Å². The van der Waals surface area contributed by atoms with Crippen LogP contribution in [0, 0.1) is 0 Å². The van der Waals surface area contributed by atoms with Gasteiger partial charge in [-0.25, -0.2) is 0 Å². The Bertz CT molecular complexity index is 744. The molecule has 0 aliphatic heterocycles. The molecule has 0 bridgehead atoms. The van der Waals surface area contributed by atoms with E-state index in [-0.39, 0.29) is 11.7 Å². The molecule has 2 aromatic heterocycles. The van der Waals surface area contributed by atoms with Gasteiger partial charge in [0.05, 0.1) is 0 Å². The van der Waals surface area contributed by atoms with E-state index >= 15 is 0 Å². The molecule has 19 heavy (non-hydrogen) atoms. The topological polar surface area (TPSA) is 96.7 Å². The molecule has 0 aliphatic rings. The molecule has 6 nitrogen and oxygen atoms in total. The number of amides is 1. The lowest BCUT2D eigenvalue weighted by Gasteiger charge is -2.07. The van der Waals surface area contributed by atoms with Crippen molar-refractivity contribution in [2.75, 3.05) is 11.1 Å². The van der Waals surface area contributed by atoms with E-state index in [1.165, 1.54) is 6.07 Å². The average Bonchev–Trinajstić information content (AvgIpc) is 2.86. The van der Waals surface area contributed by atoms with Gasteiger partial charge in [0.15, 0.2) is 0 Å². The summed E-state index contributed by atoms with van der Waals surface area (Å²) in [6.07, 6.45) is 3.44. The number of fused-ring (bicyclic) bond motifs is 1. The van der Waals surface area contributed by atoms with Crippen LogP contribution in [-0.4, -0.2) is 21.1 Å². The van der Waals surface area contributed by atoms with Crippen molar-refractivity contribution in [1.82, 2.24) is 15.2 Å². The van der Waals surface area contributed by atoms with E-state index in [2.05, 4.69) is 20.5 Å². The molecule has 0 aliphatic carbocycles. The first-order valence-electron chi connectivity index (χ1n) is 5.69. The largest absolute Gasteiger partial charge is 0.382 e. The van der Waals surface area contributed by atoms with E-state index in [1.54, 1.807) is 12.4 Å². The molecule has 0 atom stereocenters. The molecule has 0 saturated heterocycles. The maximum absolute atomic E-state index is 12.0. The lowest BCUT2D eigenvalue weighted by atomic mass is 10.1. The molecule has 0 radical (unpaired) electrons. The predicted molar refractivity (Wildman–Crippen MR) is 72.7 cm³/mol. The zero-order valence-electron chi connectivity index (χ0n) is 9.92. The first-order valence-corrected chi connectivity index (χ1v) is 5.69. The lowest BCUT2D eigenvalue weighted by Crippen LogP contribution is -2.12. The Hall–Kier alpha value is -2.89. The maximum atomic E-state index is 12.0. The van der Waals surface area contributed by atoms with Crippen molar-refractivity contribution in [2.45, 2.75) is 0 Å². The van der Waals surface area contributed by atoms with Crippen LogP contribution in [0.2, 0.25) is 0 Å². The summed E-state index contributed by atoms with van der Waals surface area (Å²) in [6.45, 7) is 0. The van der Waals surface area contributed by atoms with Gasteiger partial charge in [-0.2, -0.15) is 5.10 Å². The Labute approximate surface area is 108 Å². The Balaban J connectivity index is 1.95. The van der Waals surface area contributed by atoms with Gasteiger partial charge in [0, 0.05) is 34.9 Å². The number of carbonyl (C=O) groups is 1. The molecule has 6 heteroatoms. The summed E-state index contributed by atoms with van der Waals surface area (Å²) in [7, 11) is 0. The van der Waals surface area contributed by atoms with Gasteiger partial charge in [-0.15, -0.1) is 0 Å². The number of nitrogen functional groups attached to an aromatic ring is 1. The van der Waals surface area contributed by atoms with Crippen LogP contribution in [0.5, 0.6) is 0 Å². The number of anilines is 2. The monoisotopic (exact) mass is 253 g/mol. The van der Waals surface area contributed by atoms with Gasteiger partial charge in [0.2, 0.25) is 0 Å². The summed E-state index contributed by atoms with van der Waals surface area (Å²) < 4.78 is 0. The molecule has 1 amide bonds. The van der Waals surface area contributed by atoms with E-state index in [0.717, 1.165) is 16.5 Å². The highest BCUT2D eigenvalue weighted by Crippen LogP contribution is 2.22. The summed E-state index contributed by atoms with van der Waals surface area (Å²) in [6, 6.07) is 8.97. The zero-order valence-corrected chi connectivity index (χ0v) is 9.92.